The van der Waals surface area contributed by atoms with Gasteiger partial charge in [-0.3, -0.25) is 0 Å². The van der Waals surface area contributed by atoms with Crippen LogP contribution in [0.1, 0.15) is 0 Å². The zero-order valence-corrected chi connectivity index (χ0v) is 12.3. The average molecular weight is 254 g/mol. The first kappa shape index (κ1) is 29.2. The molecule has 0 bridgehead atoms. The molecule has 11 heteroatoms. The van der Waals surface area contributed by atoms with E-state index in [4.69, 9.17) is 34.3 Å². The van der Waals surface area contributed by atoms with Gasteiger partial charge in [-0.05, 0) is 0 Å². The molecule has 0 spiro atoms. The molecule has 4 N–H and O–H groups in total. The van der Waals surface area contributed by atoms with Gasteiger partial charge < -0.3 is 34.9 Å². The Morgan fingerprint density at radius 2 is 1.25 bits per heavy atom. The maximum atomic E-state index is 8.66. The number of rotatable bonds is 0. The van der Waals surface area contributed by atoms with Gasteiger partial charge in [0, 0.05) is 0 Å². The monoisotopic (exact) mass is 254 g/mol. The van der Waals surface area contributed by atoms with Crippen LogP contribution in [-0.4, -0.2) is 64.5 Å². The molecular formula is CH4CaKO8P. The Balaban J connectivity index is -0.0000000221. The molecule has 12 heavy (non-hydrogen) atoms. The van der Waals surface area contributed by atoms with Crippen molar-refractivity contribution >= 4 is 51.7 Å². The molecule has 0 fully saturated rings. The zero-order chi connectivity index (χ0) is 8.08. The molecule has 0 aromatic rings. The molecule has 8 nitrogen and oxygen atoms in total. The van der Waals surface area contributed by atoms with Gasteiger partial charge >= 0.3 is 95.3 Å². The molecule has 0 aliphatic rings. The molecule has 0 rings (SSSR count). The Morgan fingerprint density at radius 1 is 1.25 bits per heavy atom. The second-order valence-electron chi connectivity index (χ2n) is 0.751. The standard InChI is InChI=1S/CH2O3.Ca.K.H3O4P.H2O/c2-1(3)4;;;1-5(2,3)4;/h(H2,2,3,4);;;(H3,1,2,3,4);1H2/q;+2;+1;;/p-3. The van der Waals surface area contributed by atoms with E-state index >= 15 is 0 Å². The molecule has 0 aromatic heterocycles. The first-order valence-corrected chi connectivity index (χ1v) is 2.89. The van der Waals surface area contributed by atoms with E-state index in [0.717, 1.165) is 0 Å². The SMILES string of the molecule is O=C(O)O.O=P([O-])([O-])O.[Ca+2].[K+].[OH-]. The van der Waals surface area contributed by atoms with Crippen molar-refractivity contribution in [3.8, 4) is 0 Å². The van der Waals surface area contributed by atoms with Crippen LogP contribution in [0.5, 0.6) is 0 Å². The normalized spacial score (nSPS) is 6.92. The molecule has 0 unspecified atom stereocenters. The fourth-order valence-corrected chi connectivity index (χ4v) is 0. The van der Waals surface area contributed by atoms with E-state index < -0.39 is 14.0 Å². The van der Waals surface area contributed by atoms with Crippen LogP contribution in [0.4, 0.5) is 4.79 Å². The second kappa shape index (κ2) is 15.7. The van der Waals surface area contributed by atoms with E-state index in [1.807, 2.05) is 0 Å². The molecule has 64 valence electrons. The fraction of sp³-hybridized carbons (Fsp3) is 0. The molecule has 0 atom stereocenters. The van der Waals surface area contributed by atoms with Crippen LogP contribution in [-0.2, 0) is 4.57 Å². The fourth-order valence-electron chi connectivity index (χ4n) is 0. The Morgan fingerprint density at radius 3 is 1.25 bits per heavy atom. The molecular weight excluding hydrogens is 250 g/mol. The van der Waals surface area contributed by atoms with E-state index in [0.29, 0.717) is 0 Å². The van der Waals surface area contributed by atoms with Crippen molar-refractivity contribution in [2.75, 3.05) is 0 Å². The molecule has 0 saturated carbocycles. The van der Waals surface area contributed by atoms with Crippen molar-refractivity contribution in [3.05, 3.63) is 0 Å². The minimum Gasteiger partial charge on any atom is -0.870 e. The van der Waals surface area contributed by atoms with Gasteiger partial charge in [0.15, 0.2) is 0 Å². The second-order valence-corrected chi connectivity index (χ2v) is 1.69. The maximum absolute atomic E-state index is 8.66. The predicted octanol–water partition coefficient (Wildman–Crippen LogP) is -5.52. The van der Waals surface area contributed by atoms with Gasteiger partial charge in [0.2, 0.25) is 0 Å². The van der Waals surface area contributed by atoms with Gasteiger partial charge in [0.05, 0.1) is 7.82 Å². The number of carboxylic acid groups (broad SMARTS) is 2. The molecule has 0 heterocycles. The van der Waals surface area contributed by atoms with Crippen LogP contribution < -0.4 is 61.2 Å². The van der Waals surface area contributed by atoms with Crippen LogP contribution in [0.3, 0.4) is 0 Å². The summed E-state index contributed by atoms with van der Waals surface area (Å²) in [6.45, 7) is 0. The summed E-state index contributed by atoms with van der Waals surface area (Å²) in [5.74, 6) is 0. The summed E-state index contributed by atoms with van der Waals surface area (Å²) in [4.78, 5) is 32.8. The summed E-state index contributed by atoms with van der Waals surface area (Å²) in [6.07, 6.45) is -1.83. The molecule has 0 aromatic carbocycles. The Bertz CT molecular complexity index is 119. The molecule has 0 aliphatic carbocycles. The quantitative estimate of drug-likeness (QED) is 0.283. The van der Waals surface area contributed by atoms with Crippen LogP contribution in [0.15, 0.2) is 0 Å². The van der Waals surface area contributed by atoms with E-state index in [2.05, 4.69) is 0 Å². The van der Waals surface area contributed by atoms with Crippen LogP contribution in [0.2, 0.25) is 0 Å². The number of carbonyl (C=O) groups is 1. The van der Waals surface area contributed by atoms with Gasteiger partial charge in [0.25, 0.3) is 0 Å². The van der Waals surface area contributed by atoms with Gasteiger partial charge in [-0.2, -0.15) is 0 Å². The van der Waals surface area contributed by atoms with Crippen molar-refractivity contribution in [1.82, 2.24) is 0 Å². The van der Waals surface area contributed by atoms with Crippen LogP contribution in [0.25, 0.3) is 0 Å². The molecule has 0 saturated heterocycles. The minimum atomic E-state index is -5.14. The molecule has 0 amide bonds. The first-order chi connectivity index (χ1) is 3.73. The maximum Gasteiger partial charge on any atom is 2.00 e. The van der Waals surface area contributed by atoms with Crippen LogP contribution >= 0.6 is 7.82 Å². The molecule has 0 radical (unpaired) electrons. The predicted molar refractivity (Wildman–Crippen MR) is 28.2 cm³/mol. The van der Waals surface area contributed by atoms with Crippen molar-refractivity contribution in [2.24, 2.45) is 0 Å². The number of hydrogen-bond donors (Lipinski definition) is 3. The third-order valence-electron chi connectivity index (χ3n) is 0. The van der Waals surface area contributed by atoms with Crippen molar-refractivity contribution in [1.29, 1.82) is 0 Å². The van der Waals surface area contributed by atoms with Crippen molar-refractivity contribution in [2.45, 2.75) is 0 Å². The van der Waals surface area contributed by atoms with E-state index in [1.165, 1.54) is 0 Å². The Hall–Kier alpha value is 2.24. The summed E-state index contributed by atoms with van der Waals surface area (Å²) in [7, 11) is -5.14. The summed E-state index contributed by atoms with van der Waals surface area (Å²) >= 11 is 0. The molecule has 0 aliphatic heterocycles. The Labute approximate surface area is 140 Å². The summed E-state index contributed by atoms with van der Waals surface area (Å²) in [5.41, 5.74) is 0. The third-order valence-corrected chi connectivity index (χ3v) is 0. The Kier molecular flexibility index (Phi) is 38.2. The van der Waals surface area contributed by atoms with E-state index in [-0.39, 0.29) is 94.6 Å². The topological polar surface area (TPSA) is 171 Å². The van der Waals surface area contributed by atoms with Crippen molar-refractivity contribution in [3.63, 3.8) is 0 Å². The zero-order valence-electron chi connectivity index (χ0n) is 6.08. The van der Waals surface area contributed by atoms with E-state index in [1.54, 1.807) is 0 Å². The van der Waals surface area contributed by atoms with Gasteiger partial charge in [-0.1, -0.05) is 0 Å². The average Bonchev–Trinajstić information content (AvgIpc) is 1.19. The van der Waals surface area contributed by atoms with Crippen LogP contribution in [0, 0.1) is 0 Å². The van der Waals surface area contributed by atoms with Gasteiger partial charge in [-0.15, -0.1) is 0 Å². The van der Waals surface area contributed by atoms with E-state index in [9.17, 15) is 0 Å². The third kappa shape index (κ3) is 309. The summed E-state index contributed by atoms with van der Waals surface area (Å²) < 4.78 is 8.66. The summed E-state index contributed by atoms with van der Waals surface area (Å²) in [5, 5.41) is 13.9. The van der Waals surface area contributed by atoms with Crippen molar-refractivity contribution < 1.29 is 91.1 Å². The smallest absolute Gasteiger partial charge is 0.870 e. The largest absolute Gasteiger partial charge is 2.00 e. The summed E-state index contributed by atoms with van der Waals surface area (Å²) in [6, 6.07) is 0. The number of hydrogen-bond acceptors (Lipinski definition) is 5. The van der Waals surface area contributed by atoms with Gasteiger partial charge in [-0.25, -0.2) is 4.79 Å². The first-order valence-electron chi connectivity index (χ1n) is 1.40. The van der Waals surface area contributed by atoms with Gasteiger partial charge in [0.1, 0.15) is 0 Å². The minimum absolute atomic E-state index is 0. The number of phosphoric acid groups is 1.